The summed E-state index contributed by atoms with van der Waals surface area (Å²) in [5.74, 6) is 0. The first-order chi connectivity index (χ1) is 9.00. The van der Waals surface area contributed by atoms with E-state index in [2.05, 4.69) is 36.4 Å². The number of halogens is 1. The molecule has 2 rings (SSSR count). The number of aryl methyl sites for hydroxylation is 2. The van der Waals surface area contributed by atoms with Crippen LogP contribution < -0.4 is 11.0 Å². The lowest BCUT2D eigenvalue weighted by Gasteiger charge is -2.10. The number of rotatable bonds is 5. The van der Waals surface area contributed by atoms with Gasteiger partial charge in [-0.1, -0.05) is 6.07 Å². The normalized spacial score (nSPS) is 11.1. The molecule has 2 aromatic rings. The van der Waals surface area contributed by atoms with Gasteiger partial charge in [0.25, 0.3) is 0 Å². The second-order valence-corrected chi connectivity index (χ2v) is 5.20. The Morgan fingerprint density at radius 2 is 1.80 bits per heavy atom. The van der Waals surface area contributed by atoms with Gasteiger partial charge in [0, 0.05) is 33.7 Å². The maximum atomic E-state index is 11.8. The van der Waals surface area contributed by atoms with E-state index in [1.54, 1.807) is 16.2 Å². The Kier molecular flexibility index (Phi) is 5.80. The zero-order valence-electron chi connectivity index (χ0n) is 12.5. The van der Waals surface area contributed by atoms with Gasteiger partial charge in [-0.25, -0.2) is 4.79 Å². The zero-order chi connectivity index (χ0) is 14.0. The van der Waals surface area contributed by atoms with Gasteiger partial charge in [0.2, 0.25) is 0 Å². The van der Waals surface area contributed by atoms with Crippen molar-refractivity contribution in [1.29, 1.82) is 0 Å². The molecule has 1 N–H and O–H groups in total. The van der Waals surface area contributed by atoms with Crippen molar-refractivity contribution in [3.8, 4) is 0 Å². The molecule has 5 nitrogen and oxygen atoms in total. The molecule has 0 spiro atoms. The summed E-state index contributed by atoms with van der Waals surface area (Å²) in [5, 5.41) is 3.40. The zero-order valence-corrected chi connectivity index (χ0v) is 13.3. The molecule has 20 heavy (non-hydrogen) atoms. The largest absolute Gasteiger partial charge is 0.328 e. The smallest absolute Gasteiger partial charge is 0.311 e. The topological polar surface area (TPSA) is 42.2 Å². The van der Waals surface area contributed by atoms with Crippen LogP contribution in [-0.4, -0.2) is 41.2 Å². The minimum absolute atomic E-state index is 0. The highest BCUT2D eigenvalue weighted by Crippen LogP contribution is 2.13. The minimum atomic E-state index is 0. The van der Waals surface area contributed by atoms with E-state index >= 15 is 0 Å². The molecule has 0 aliphatic carbocycles. The molecule has 0 unspecified atom stereocenters. The van der Waals surface area contributed by atoms with E-state index in [0.29, 0.717) is 0 Å². The number of hydrogen-bond acceptors (Lipinski definition) is 3. The molecule has 0 radical (unpaired) electrons. The van der Waals surface area contributed by atoms with Gasteiger partial charge in [-0.05, 0) is 31.8 Å². The number of likely N-dealkylation sites (N-methyl/N-ethyl adjacent to an activating group) is 1. The molecule has 0 aliphatic rings. The molecule has 1 heterocycles. The summed E-state index contributed by atoms with van der Waals surface area (Å²) in [7, 11) is 7.74. The van der Waals surface area contributed by atoms with Crippen molar-refractivity contribution in [2.45, 2.75) is 6.54 Å². The first kappa shape index (κ1) is 16.8. The number of imidazole rings is 1. The average molecular weight is 299 g/mol. The van der Waals surface area contributed by atoms with Crippen molar-refractivity contribution in [3.63, 3.8) is 0 Å². The number of nitrogens with zero attached hydrogens (tertiary/aromatic N) is 3. The molecular formula is C14H23ClN4O. The summed E-state index contributed by atoms with van der Waals surface area (Å²) < 4.78 is 3.37. The van der Waals surface area contributed by atoms with E-state index in [-0.39, 0.29) is 18.1 Å². The van der Waals surface area contributed by atoms with Gasteiger partial charge in [-0.2, -0.15) is 0 Å². The molecule has 0 amide bonds. The third-order valence-electron chi connectivity index (χ3n) is 3.40. The lowest BCUT2D eigenvalue weighted by molar-refractivity contribution is 0.400. The van der Waals surface area contributed by atoms with Crippen LogP contribution in [0.4, 0.5) is 0 Å². The van der Waals surface area contributed by atoms with Crippen LogP contribution in [0.5, 0.6) is 0 Å². The Balaban J connectivity index is 0.00000200. The van der Waals surface area contributed by atoms with Gasteiger partial charge in [0.05, 0.1) is 11.0 Å². The van der Waals surface area contributed by atoms with E-state index < -0.39 is 0 Å². The van der Waals surface area contributed by atoms with Gasteiger partial charge in [-0.3, -0.25) is 9.13 Å². The van der Waals surface area contributed by atoms with Crippen molar-refractivity contribution in [2.24, 2.45) is 14.1 Å². The predicted molar refractivity (Wildman–Crippen MR) is 85.7 cm³/mol. The van der Waals surface area contributed by atoms with Crippen LogP contribution in [0.2, 0.25) is 0 Å². The molecular weight excluding hydrogens is 276 g/mol. The van der Waals surface area contributed by atoms with Gasteiger partial charge < -0.3 is 10.2 Å². The summed E-state index contributed by atoms with van der Waals surface area (Å²) in [5.41, 5.74) is 3.18. The molecule has 1 aromatic carbocycles. The number of nitrogens with one attached hydrogen (secondary N) is 1. The maximum Gasteiger partial charge on any atom is 0.328 e. The quantitative estimate of drug-likeness (QED) is 0.836. The molecule has 0 bridgehead atoms. The monoisotopic (exact) mass is 298 g/mol. The Morgan fingerprint density at radius 1 is 1.15 bits per heavy atom. The van der Waals surface area contributed by atoms with Gasteiger partial charge in [0.1, 0.15) is 0 Å². The van der Waals surface area contributed by atoms with Crippen LogP contribution in [0, 0.1) is 0 Å². The van der Waals surface area contributed by atoms with Crippen molar-refractivity contribution < 1.29 is 0 Å². The molecule has 112 valence electrons. The third-order valence-corrected chi connectivity index (χ3v) is 3.40. The fourth-order valence-electron chi connectivity index (χ4n) is 2.20. The average Bonchev–Trinajstić information content (AvgIpc) is 2.60. The van der Waals surface area contributed by atoms with Gasteiger partial charge in [-0.15, -0.1) is 12.4 Å². The number of aromatic nitrogens is 2. The standard InChI is InChI=1S/C14H22N4O.ClH/c1-16(2)8-7-15-10-11-5-6-12-13(9-11)18(4)14(19)17(12)3;/h5-6,9,15H,7-8,10H2,1-4H3;1H. The van der Waals surface area contributed by atoms with Crippen molar-refractivity contribution in [2.75, 3.05) is 27.2 Å². The molecule has 0 aliphatic heterocycles. The fourth-order valence-corrected chi connectivity index (χ4v) is 2.20. The number of benzene rings is 1. The molecule has 0 saturated carbocycles. The van der Waals surface area contributed by atoms with Crippen molar-refractivity contribution >= 4 is 23.4 Å². The van der Waals surface area contributed by atoms with Crippen LogP contribution >= 0.6 is 12.4 Å². The predicted octanol–water partition coefficient (Wildman–Crippen LogP) is 0.950. The summed E-state index contributed by atoms with van der Waals surface area (Å²) in [6.45, 7) is 2.80. The van der Waals surface area contributed by atoms with Crippen LogP contribution in [0.1, 0.15) is 5.56 Å². The number of hydrogen-bond donors (Lipinski definition) is 1. The minimum Gasteiger partial charge on any atom is -0.311 e. The van der Waals surface area contributed by atoms with Crippen LogP contribution in [-0.2, 0) is 20.6 Å². The first-order valence-corrected chi connectivity index (χ1v) is 6.50. The Morgan fingerprint density at radius 3 is 2.45 bits per heavy atom. The van der Waals surface area contributed by atoms with Crippen molar-refractivity contribution in [1.82, 2.24) is 19.4 Å². The summed E-state index contributed by atoms with van der Waals surface area (Å²) in [6.07, 6.45) is 0. The van der Waals surface area contributed by atoms with E-state index in [0.717, 1.165) is 30.7 Å². The van der Waals surface area contributed by atoms with Crippen LogP contribution in [0.25, 0.3) is 11.0 Å². The Hall–Kier alpha value is -1.30. The van der Waals surface area contributed by atoms with Gasteiger partial charge >= 0.3 is 5.69 Å². The Bertz CT molecular complexity index is 630. The lowest BCUT2D eigenvalue weighted by Crippen LogP contribution is -2.26. The highest BCUT2D eigenvalue weighted by Gasteiger charge is 2.07. The highest BCUT2D eigenvalue weighted by molar-refractivity contribution is 5.85. The maximum absolute atomic E-state index is 11.8. The fraction of sp³-hybridized carbons (Fsp3) is 0.500. The molecule has 0 saturated heterocycles. The summed E-state index contributed by atoms with van der Waals surface area (Å²) in [4.78, 5) is 14.0. The van der Waals surface area contributed by atoms with Gasteiger partial charge in [0.15, 0.2) is 0 Å². The van der Waals surface area contributed by atoms with Crippen LogP contribution in [0.15, 0.2) is 23.0 Å². The second-order valence-electron chi connectivity index (χ2n) is 5.20. The lowest BCUT2D eigenvalue weighted by atomic mass is 10.2. The van der Waals surface area contributed by atoms with E-state index in [4.69, 9.17) is 0 Å². The summed E-state index contributed by atoms with van der Waals surface area (Å²) >= 11 is 0. The van der Waals surface area contributed by atoms with E-state index in [9.17, 15) is 4.79 Å². The molecule has 0 fully saturated rings. The van der Waals surface area contributed by atoms with E-state index in [1.165, 1.54) is 5.56 Å². The Labute approximate surface area is 125 Å². The molecule has 1 aromatic heterocycles. The first-order valence-electron chi connectivity index (χ1n) is 6.50. The highest BCUT2D eigenvalue weighted by atomic mass is 35.5. The second kappa shape index (κ2) is 6.92. The van der Waals surface area contributed by atoms with E-state index in [1.807, 2.05) is 13.1 Å². The molecule has 6 heteroatoms. The third kappa shape index (κ3) is 3.42. The number of fused-ring (bicyclic) bond motifs is 1. The summed E-state index contributed by atoms with van der Waals surface area (Å²) in [6, 6.07) is 6.17. The SMILES string of the molecule is CN(C)CCNCc1ccc2c(c1)n(C)c(=O)n2C.Cl. The molecule has 0 atom stereocenters. The van der Waals surface area contributed by atoms with Crippen molar-refractivity contribution in [3.05, 3.63) is 34.2 Å². The van der Waals surface area contributed by atoms with Crippen LogP contribution in [0.3, 0.4) is 0 Å².